The van der Waals surface area contributed by atoms with Crippen molar-refractivity contribution in [3.63, 3.8) is 0 Å². The largest absolute Gasteiger partial charge is 0.433 e. The number of carbonyl (C=O) groups excluding carboxylic acids is 1. The molecule has 0 aliphatic rings. The van der Waals surface area contributed by atoms with Crippen LogP contribution in [0.2, 0.25) is 0 Å². The molecule has 0 radical (unpaired) electrons. The highest BCUT2D eigenvalue weighted by molar-refractivity contribution is 5.97. The van der Waals surface area contributed by atoms with Crippen LogP contribution in [0.4, 0.5) is 5.88 Å². The molecule has 0 atom stereocenters. The number of rotatable bonds is 4. The predicted molar refractivity (Wildman–Crippen MR) is 54.3 cm³/mol. The third kappa shape index (κ3) is 2.77. The summed E-state index contributed by atoms with van der Waals surface area (Å²) in [4.78, 5) is 20.8. The highest BCUT2D eigenvalue weighted by atomic mass is 16.6. The molecule has 15 heavy (non-hydrogen) atoms. The summed E-state index contributed by atoms with van der Waals surface area (Å²) in [5.41, 5.74) is 0.583. The van der Waals surface area contributed by atoms with E-state index >= 15 is 0 Å². The molecule has 0 bridgehead atoms. The molecule has 5 nitrogen and oxygen atoms in total. The van der Waals surface area contributed by atoms with Crippen LogP contribution < -0.4 is 0 Å². The van der Waals surface area contributed by atoms with E-state index in [4.69, 9.17) is 4.42 Å². The van der Waals surface area contributed by atoms with Crippen LogP contribution >= 0.6 is 0 Å². The van der Waals surface area contributed by atoms with Crippen LogP contribution in [0.25, 0.3) is 6.08 Å². The van der Waals surface area contributed by atoms with Crippen molar-refractivity contribution in [2.24, 2.45) is 0 Å². The van der Waals surface area contributed by atoms with E-state index in [0.29, 0.717) is 17.8 Å². The topological polar surface area (TPSA) is 73.3 Å². The SMILES string of the molecule is CCC(=Cc1ccc([N+](=O)[O-])o1)C(C)=O. The van der Waals surface area contributed by atoms with Crippen molar-refractivity contribution in [1.82, 2.24) is 0 Å². The lowest BCUT2D eigenvalue weighted by molar-refractivity contribution is -0.402. The van der Waals surface area contributed by atoms with Gasteiger partial charge in [0.05, 0.1) is 6.07 Å². The van der Waals surface area contributed by atoms with Crippen LogP contribution in [0, 0.1) is 10.1 Å². The molecule has 80 valence electrons. The van der Waals surface area contributed by atoms with E-state index in [1.807, 2.05) is 6.92 Å². The number of ketones is 1. The van der Waals surface area contributed by atoms with Gasteiger partial charge in [-0.2, -0.15) is 0 Å². The van der Waals surface area contributed by atoms with Gasteiger partial charge in [-0.05, 0) is 31.1 Å². The minimum absolute atomic E-state index is 0.0587. The highest BCUT2D eigenvalue weighted by Gasteiger charge is 2.11. The Hall–Kier alpha value is -1.91. The van der Waals surface area contributed by atoms with E-state index < -0.39 is 4.92 Å². The van der Waals surface area contributed by atoms with Gasteiger partial charge in [0.25, 0.3) is 0 Å². The molecule has 0 aliphatic carbocycles. The second-order valence-corrected chi connectivity index (χ2v) is 3.01. The summed E-state index contributed by atoms with van der Waals surface area (Å²) >= 11 is 0. The molecule has 0 N–H and O–H groups in total. The Balaban J connectivity index is 2.97. The van der Waals surface area contributed by atoms with Gasteiger partial charge in [0.15, 0.2) is 5.78 Å². The smallest absolute Gasteiger partial charge is 0.401 e. The summed E-state index contributed by atoms with van der Waals surface area (Å²) in [6, 6.07) is 2.73. The van der Waals surface area contributed by atoms with Gasteiger partial charge in [-0.3, -0.25) is 14.9 Å². The molecule has 0 aliphatic heterocycles. The predicted octanol–water partition coefficient (Wildman–Crippen LogP) is 2.57. The van der Waals surface area contributed by atoms with Gasteiger partial charge < -0.3 is 4.42 Å². The molecule has 0 saturated heterocycles. The monoisotopic (exact) mass is 209 g/mol. The molecule has 1 rings (SSSR count). The van der Waals surface area contributed by atoms with Gasteiger partial charge in [0, 0.05) is 0 Å². The van der Waals surface area contributed by atoms with E-state index in [9.17, 15) is 14.9 Å². The van der Waals surface area contributed by atoms with Crippen LogP contribution in [-0.4, -0.2) is 10.7 Å². The fraction of sp³-hybridized carbons (Fsp3) is 0.300. The Morgan fingerprint density at radius 2 is 2.27 bits per heavy atom. The van der Waals surface area contributed by atoms with Crippen molar-refractivity contribution in [3.8, 4) is 0 Å². The van der Waals surface area contributed by atoms with Crippen LogP contribution in [0.1, 0.15) is 26.0 Å². The van der Waals surface area contributed by atoms with E-state index in [-0.39, 0.29) is 11.7 Å². The molecule has 0 fully saturated rings. The normalized spacial score (nSPS) is 11.5. The molecule has 0 aromatic carbocycles. The number of nitrogens with zero attached hydrogens (tertiary/aromatic N) is 1. The third-order valence-corrected chi connectivity index (χ3v) is 1.94. The Morgan fingerprint density at radius 1 is 1.60 bits per heavy atom. The lowest BCUT2D eigenvalue weighted by atomic mass is 10.1. The average molecular weight is 209 g/mol. The molecule has 0 unspecified atom stereocenters. The first-order valence-corrected chi connectivity index (χ1v) is 4.50. The van der Waals surface area contributed by atoms with Gasteiger partial charge in [-0.15, -0.1) is 0 Å². The zero-order valence-corrected chi connectivity index (χ0v) is 8.52. The van der Waals surface area contributed by atoms with E-state index in [1.54, 1.807) is 0 Å². The molecule has 0 spiro atoms. The lowest BCUT2D eigenvalue weighted by Crippen LogP contribution is -1.93. The number of Topliss-reactive ketones (excluding diaryl/α,β-unsaturated/α-hetero) is 1. The Kier molecular flexibility index (Phi) is 3.38. The first-order valence-electron chi connectivity index (χ1n) is 4.50. The number of nitro groups is 1. The minimum Gasteiger partial charge on any atom is -0.401 e. The summed E-state index contributed by atoms with van der Waals surface area (Å²) in [5, 5.41) is 10.3. The lowest BCUT2D eigenvalue weighted by Gasteiger charge is -1.95. The van der Waals surface area contributed by atoms with Crippen LogP contribution in [0.3, 0.4) is 0 Å². The zero-order chi connectivity index (χ0) is 11.4. The molecular formula is C10H11NO4. The van der Waals surface area contributed by atoms with Crippen LogP contribution in [-0.2, 0) is 4.79 Å². The standard InChI is InChI=1S/C10H11NO4/c1-3-8(7(2)12)6-9-4-5-10(15-9)11(13)14/h4-6H,3H2,1-2H3. The molecular weight excluding hydrogens is 198 g/mol. The van der Waals surface area contributed by atoms with Crippen molar-refractivity contribution < 1.29 is 14.1 Å². The molecule has 1 aromatic heterocycles. The Bertz CT molecular complexity index is 417. The van der Waals surface area contributed by atoms with Crippen LogP contribution in [0.15, 0.2) is 22.1 Å². The van der Waals surface area contributed by atoms with Crippen molar-refractivity contribution >= 4 is 17.7 Å². The van der Waals surface area contributed by atoms with Crippen molar-refractivity contribution in [2.45, 2.75) is 20.3 Å². The fourth-order valence-corrected chi connectivity index (χ4v) is 1.14. The number of hydrogen-bond donors (Lipinski definition) is 0. The second-order valence-electron chi connectivity index (χ2n) is 3.01. The molecule has 5 heteroatoms. The number of allylic oxidation sites excluding steroid dienone is 1. The number of hydrogen-bond acceptors (Lipinski definition) is 4. The fourth-order valence-electron chi connectivity index (χ4n) is 1.14. The average Bonchev–Trinajstić information content (AvgIpc) is 2.61. The second kappa shape index (κ2) is 4.54. The summed E-state index contributed by atoms with van der Waals surface area (Å²) in [7, 11) is 0. The summed E-state index contributed by atoms with van der Waals surface area (Å²) in [5.74, 6) is -0.0504. The zero-order valence-electron chi connectivity index (χ0n) is 8.52. The third-order valence-electron chi connectivity index (χ3n) is 1.94. The first-order chi connectivity index (χ1) is 7.04. The quantitative estimate of drug-likeness (QED) is 0.434. The van der Waals surface area contributed by atoms with Crippen molar-refractivity contribution in [1.29, 1.82) is 0 Å². The maximum absolute atomic E-state index is 11.1. The summed E-state index contributed by atoms with van der Waals surface area (Å²) in [6.45, 7) is 3.29. The highest BCUT2D eigenvalue weighted by Crippen LogP contribution is 2.19. The van der Waals surface area contributed by atoms with Crippen molar-refractivity contribution in [3.05, 3.63) is 33.6 Å². The van der Waals surface area contributed by atoms with E-state index in [2.05, 4.69) is 0 Å². The Labute approximate surface area is 86.5 Å². The maximum atomic E-state index is 11.1. The van der Waals surface area contributed by atoms with Gasteiger partial charge >= 0.3 is 5.88 Å². The minimum atomic E-state index is -0.614. The maximum Gasteiger partial charge on any atom is 0.433 e. The molecule has 0 amide bonds. The van der Waals surface area contributed by atoms with Gasteiger partial charge in [-0.1, -0.05) is 6.92 Å². The first kappa shape index (κ1) is 11.2. The van der Waals surface area contributed by atoms with Crippen LogP contribution in [0.5, 0.6) is 0 Å². The van der Waals surface area contributed by atoms with Gasteiger partial charge in [0.1, 0.15) is 10.7 Å². The van der Waals surface area contributed by atoms with Gasteiger partial charge in [-0.25, -0.2) is 0 Å². The summed E-state index contributed by atoms with van der Waals surface area (Å²) in [6.07, 6.45) is 2.10. The Morgan fingerprint density at radius 3 is 2.67 bits per heavy atom. The van der Waals surface area contributed by atoms with Gasteiger partial charge in [0.2, 0.25) is 0 Å². The molecule has 1 heterocycles. The molecule has 1 aromatic rings. The molecule has 0 saturated carbocycles. The van der Waals surface area contributed by atoms with E-state index in [0.717, 1.165) is 0 Å². The number of carbonyl (C=O) groups is 1. The summed E-state index contributed by atoms with van der Waals surface area (Å²) < 4.78 is 4.90. The number of furan rings is 1. The van der Waals surface area contributed by atoms with E-state index in [1.165, 1.54) is 25.1 Å². The van der Waals surface area contributed by atoms with Crippen molar-refractivity contribution in [2.75, 3.05) is 0 Å².